The zero-order chi connectivity index (χ0) is 20.7. The summed E-state index contributed by atoms with van der Waals surface area (Å²) in [7, 11) is -5.74. The van der Waals surface area contributed by atoms with Crippen molar-refractivity contribution in [1.82, 2.24) is 18.2 Å². The van der Waals surface area contributed by atoms with Gasteiger partial charge in [0.2, 0.25) is 10.0 Å². The number of aryl methyl sites for hydroxylation is 4. The molecule has 2 heterocycles. The highest BCUT2D eigenvalue weighted by molar-refractivity contribution is 7.89. The fraction of sp³-hybridized carbons (Fsp3) is 0.500. The molecule has 1 aromatic heterocycles. The number of sulfonamides is 2. The standard InChI is InChI=1S/C18H26N4O4S2/c1-14-10-15(2)18(16(3)11-14)28(25,26)22-7-5-6-21(8-9-22)27(23,24)17-12-20(4)13-19-17/h10-13H,5-9H2,1-4H3. The normalized spacial score (nSPS) is 17.6. The van der Waals surface area contributed by atoms with Gasteiger partial charge >= 0.3 is 0 Å². The monoisotopic (exact) mass is 426 g/mol. The van der Waals surface area contributed by atoms with Gasteiger partial charge in [-0.1, -0.05) is 17.7 Å². The van der Waals surface area contributed by atoms with Gasteiger partial charge in [0.1, 0.15) is 0 Å². The fourth-order valence-electron chi connectivity index (χ4n) is 3.71. The van der Waals surface area contributed by atoms with Gasteiger partial charge in [0.15, 0.2) is 5.03 Å². The van der Waals surface area contributed by atoms with E-state index in [0.717, 1.165) is 5.56 Å². The summed E-state index contributed by atoms with van der Waals surface area (Å²) in [5.74, 6) is 0. The molecule has 1 aliphatic heterocycles. The molecule has 0 N–H and O–H groups in total. The van der Waals surface area contributed by atoms with Crippen molar-refractivity contribution in [2.45, 2.75) is 37.1 Å². The van der Waals surface area contributed by atoms with Gasteiger partial charge in [-0.3, -0.25) is 0 Å². The Bertz CT molecular complexity index is 1070. The Kier molecular flexibility index (Phi) is 5.68. The summed E-state index contributed by atoms with van der Waals surface area (Å²) in [6.45, 7) is 6.27. The van der Waals surface area contributed by atoms with E-state index >= 15 is 0 Å². The van der Waals surface area contributed by atoms with E-state index in [2.05, 4.69) is 4.98 Å². The predicted molar refractivity (Wildman–Crippen MR) is 106 cm³/mol. The number of imidazole rings is 1. The average Bonchev–Trinajstić information content (AvgIpc) is 2.87. The molecule has 1 aromatic carbocycles. The second kappa shape index (κ2) is 7.58. The Balaban J connectivity index is 1.86. The van der Waals surface area contributed by atoms with Crippen molar-refractivity contribution in [2.24, 2.45) is 7.05 Å². The fourth-order valence-corrected chi connectivity index (χ4v) is 7.03. The van der Waals surface area contributed by atoms with E-state index in [4.69, 9.17) is 0 Å². The van der Waals surface area contributed by atoms with Gasteiger partial charge in [-0.2, -0.15) is 8.61 Å². The number of nitrogens with zero attached hydrogens (tertiary/aromatic N) is 4. The van der Waals surface area contributed by atoms with Crippen LogP contribution in [0, 0.1) is 20.8 Å². The minimum Gasteiger partial charge on any atom is -0.339 e. The maximum atomic E-state index is 13.3. The molecule has 0 radical (unpaired) electrons. The first-order chi connectivity index (χ1) is 13.0. The molecule has 1 fully saturated rings. The molecule has 2 aromatic rings. The van der Waals surface area contributed by atoms with Gasteiger partial charge in [-0.05, 0) is 38.3 Å². The molecular weight excluding hydrogens is 400 g/mol. The Labute approximate surface area is 166 Å². The summed E-state index contributed by atoms with van der Waals surface area (Å²) in [5, 5.41) is -0.0171. The molecule has 1 aliphatic rings. The molecule has 10 heteroatoms. The van der Waals surface area contributed by atoms with Crippen LogP contribution in [-0.2, 0) is 27.1 Å². The molecule has 1 saturated heterocycles. The molecule has 154 valence electrons. The maximum Gasteiger partial charge on any atom is 0.262 e. The number of hydrogen-bond acceptors (Lipinski definition) is 5. The van der Waals surface area contributed by atoms with E-state index in [-0.39, 0.29) is 31.2 Å². The van der Waals surface area contributed by atoms with Crippen molar-refractivity contribution in [1.29, 1.82) is 0 Å². The van der Waals surface area contributed by atoms with E-state index in [1.165, 1.54) is 21.1 Å². The highest BCUT2D eigenvalue weighted by atomic mass is 32.2. The molecule has 3 rings (SSSR count). The summed E-state index contributed by atoms with van der Waals surface area (Å²) < 4.78 is 56.4. The average molecular weight is 427 g/mol. The van der Waals surface area contributed by atoms with Crippen LogP contribution in [-0.4, -0.2) is 61.2 Å². The van der Waals surface area contributed by atoms with Crippen molar-refractivity contribution in [3.05, 3.63) is 41.3 Å². The van der Waals surface area contributed by atoms with E-state index in [0.29, 0.717) is 22.4 Å². The summed E-state index contributed by atoms with van der Waals surface area (Å²) in [6, 6.07) is 3.71. The minimum absolute atomic E-state index is 0.0171. The topological polar surface area (TPSA) is 92.6 Å². The second-order valence-corrected chi connectivity index (χ2v) is 11.0. The van der Waals surface area contributed by atoms with Gasteiger partial charge in [0.05, 0.1) is 11.2 Å². The number of aromatic nitrogens is 2. The molecule has 0 aliphatic carbocycles. The number of benzene rings is 1. The summed E-state index contributed by atoms with van der Waals surface area (Å²) in [4.78, 5) is 4.26. The molecular formula is C18H26N4O4S2. The van der Waals surface area contributed by atoms with E-state index in [1.54, 1.807) is 25.5 Å². The van der Waals surface area contributed by atoms with E-state index in [9.17, 15) is 16.8 Å². The zero-order valence-corrected chi connectivity index (χ0v) is 18.2. The summed E-state index contributed by atoms with van der Waals surface area (Å²) in [6.07, 6.45) is 3.31. The third-order valence-electron chi connectivity index (χ3n) is 4.90. The lowest BCUT2D eigenvalue weighted by atomic mass is 10.1. The third-order valence-corrected chi connectivity index (χ3v) is 8.89. The van der Waals surface area contributed by atoms with Crippen LogP contribution in [0.25, 0.3) is 0 Å². The van der Waals surface area contributed by atoms with E-state index in [1.807, 2.05) is 19.1 Å². The van der Waals surface area contributed by atoms with Crippen molar-refractivity contribution < 1.29 is 16.8 Å². The quantitative estimate of drug-likeness (QED) is 0.737. The van der Waals surface area contributed by atoms with Crippen molar-refractivity contribution in [3.63, 3.8) is 0 Å². The molecule has 0 amide bonds. The van der Waals surface area contributed by atoms with Crippen LogP contribution < -0.4 is 0 Å². The molecule has 0 bridgehead atoms. The van der Waals surface area contributed by atoms with E-state index < -0.39 is 20.0 Å². The first kappa shape index (κ1) is 21.0. The molecule has 0 spiro atoms. The lowest BCUT2D eigenvalue weighted by Crippen LogP contribution is -2.37. The van der Waals surface area contributed by atoms with Crippen molar-refractivity contribution >= 4 is 20.0 Å². The van der Waals surface area contributed by atoms with Crippen LogP contribution in [0.4, 0.5) is 0 Å². The SMILES string of the molecule is Cc1cc(C)c(S(=O)(=O)N2CCCN(S(=O)(=O)c3cn(C)cn3)CC2)c(C)c1. The van der Waals surface area contributed by atoms with Gasteiger partial charge in [0, 0.05) is 39.4 Å². The Hall–Kier alpha value is -1.75. The smallest absolute Gasteiger partial charge is 0.262 e. The molecule has 0 atom stereocenters. The molecule has 28 heavy (non-hydrogen) atoms. The van der Waals surface area contributed by atoms with Crippen LogP contribution >= 0.6 is 0 Å². The van der Waals surface area contributed by atoms with Gasteiger partial charge in [-0.15, -0.1) is 0 Å². The lowest BCUT2D eigenvalue weighted by molar-refractivity contribution is 0.403. The largest absolute Gasteiger partial charge is 0.339 e. The first-order valence-electron chi connectivity index (χ1n) is 9.09. The lowest BCUT2D eigenvalue weighted by Gasteiger charge is -2.23. The third kappa shape index (κ3) is 3.86. The highest BCUT2D eigenvalue weighted by Gasteiger charge is 2.33. The highest BCUT2D eigenvalue weighted by Crippen LogP contribution is 2.26. The van der Waals surface area contributed by atoms with Crippen LogP contribution in [0.5, 0.6) is 0 Å². The van der Waals surface area contributed by atoms with Crippen molar-refractivity contribution in [3.8, 4) is 0 Å². The number of hydrogen-bond donors (Lipinski definition) is 0. The van der Waals surface area contributed by atoms with Gasteiger partial charge in [-0.25, -0.2) is 21.8 Å². The Morgan fingerprint density at radius 2 is 1.39 bits per heavy atom. The van der Waals surface area contributed by atoms with Gasteiger partial charge < -0.3 is 4.57 Å². The van der Waals surface area contributed by atoms with Gasteiger partial charge in [0.25, 0.3) is 10.0 Å². The summed E-state index contributed by atoms with van der Waals surface area (Å²) in [5.41, 5.74) is 2.43. The summed E-state index contributed by atoms with van der Waals surface area (Å²) >= 11 is 0. The van der Waals surface area contributed by atoms with Crippen molar-refractivity contribution in [2.75, 3.05) is 26.2 Å². The van der Waals surface area contributed by atoms with Crippen LogP contribution in [0.1, 0.15) is 23.1 Å². The number of rotatable bonds is 4. The Morgan fingerprint density at radius 3 is 1.89 bits per heavy atom. The van der Waals surface area contributed by atoms with Crippen LogP contribution in [0.2, 0.25) is 0 Å². The molecule has 8 nitrogen and oxygen atoms in total. The molecule has 0 saturated carbocycles. The minimum atomic E-state index is -3.74. The second-order valence-electron chi connectivity index (χ2n) is 7.27. The zero-order valence-electron chi connectivity index (χ0n) is 16.6. The maximum absolute atomic E-state index is 13.3. The molecule has 0 unspecified atom stereocenters. The van der Waals surface area contributed by atoms with Crippen LogP contribution in [0.3, 0.4) is 0 Å². The van der Waals surface area contributed by atoms with Crippen LogP contribution in [0.15, 0.2) is 34.6 Å². The predicted octanol–water partition coefficient (Wildman–Crippen LogP) is 1.43. The Morgan fingerprint density at radius 1 is 0.857 bits per heavy atom. The first-order valence-corrected chi connectivity index (χ1v) is 12.0.